The summed E-state index contributed by atoms with van der Waals surface area (Å²) in [6.45, 7) is -0.566. The van der Waals surface area contributed by atoms with Crippen LogP contribution in [0.5, 0.6) is 5.75 Å². The van der Waals surface area contributed by atoms with Crippen molar-refractivity contribution in [1.82, 2.24) is 4.31 Å². The Balaban J connectivity index is 2.29. The monoisotopic (exact) mass is 309 g/mol. The molecule has 1 N–H and O–H groups in total. The quantitative estimate of drug-likeness (QED) is 0.912. The highest BCUT2D eigenvalue weighted by atomic mass is 32.2. The fourth-order valence-electron chi connectivity index (χ4n) is 2.24. The Kier molecular flexibility index (Phi) is 3.97. The molecule has 2 rings (SSSR count). The number of para-hydroxylation sites is 1. The molecule has 0 spiro atoms. The minimum atomic E-state index is -4.41. The first-order chi connectivity index (χ1) is 9.23. The number of halogens is 3. The van der Waals surface area contributed by atoms with Crippen molar-refractivity contribution in [3.8, 4) is 5.75 Å². The summed E-state index contributed by atoms with van der Waals surface area (Å²) in [5.74, 6) is -2.11. The van der Waals surface area contributed by atoms with Gasteiger partial charge in [-0.3, -0.25) is 0 Å². The first-order valence-corrected chi connectivity index (χ1v) is 7.52. The van der Waals surface area contributed by atoms with Gasteiger partial charge in [0.2, 0.25) is 10.0 Å². The molecule has 20 heavy (non-hydrogen) atoms. The Labute approximate surface area is 114 Å². The normalized spacial score (nSPS) is 21.9. The maximum atomic E-state index is 12.7. The van der Waals surface area contributed by atoms with Crippen molar-refractivity contribution in [2.45, 2.75) is 23.9 Å². The molecule has 1 fully saturated rings. The molecule has 1 atom stereocenters. The largest absolute Gasteiger partial charge is 0.507 e. The Morgan fingerprint density at radius 3 is 2.50 bits per heavy atom. The number of phenols is 1. The molecule has 0 amide bonds. The van der Waals surface area contributed by atoms with E-state index in [9.17, 15) is 26.7 Å². The summed E-state index contributed by atoms with van der Waals surface area (Å²) >= 11 is 0. The molecule has 0 aliphatic carbocycles. The number of sulfonamides is 1. The van der Waals surface area contributed by atoms with Gasteiger partial charge in [0.25, 0.3) is 0 Å². The number of nitrogens with zero attached hydrogens (tertiary/aromatic N) is 1. The summed E-state index contributed by atoms with van der Waals surface area (Å²) in [5, 5.41) is 9.57. The molecule has 0 aromatic heterocycles. The summed E-state index contributed by atoms with van der Waals surface area (Å²) in [7, 11) is -4.10. The SMILES string of the molecule is O=S(=O)(c1ccccc1O)N1CCCC(C(F)(F)F)C1. The van der Waals surface area contributed by atoms with Crippen LogP contribution in [-0.4, -0.2) is 37.1 Å². The van der Waals surface area contributed by atoms with Gasteiger partial charge in [-0.25, -0.2) is 8.42 Å². The predicted octanol–water partition coefficient (Wildman–Crippen LogP) is 2.36. The zero-order valence-corrected chi connectivity index (χ0v) is 11.3. The van der Waals surface area contributed by atoms with Crippen molar-refractivity contribution in [1.29, 1.82) is 0 Å². The third-order valence-electron chi connectivity index (χ3n) is 3.33. The van der Waals surface area contributed by atoms with Crippen LogP contribution in [0.2, 0.25) is 0 Å². The molecule has 0 bridgehead atoms. The van der Waals surface area contributed by atoms with Gasteiger partial charge in [0.05, 0.1) is 5.92 Å². The average Bonchev–Trinajstić information content (AvgIpc) is 2.38. The maximum Gasteiger partial charge on any atom is 0.393 e. The highest BCUT2D eigenvalue weighted by molar-refractivity contribution is 7.89. The van der Waals surface area contributed by atoms with Crippen LogP contribution < -0.4 is 0 Å². The van der Waals surface area contributed by atoms with Gasteiger partial charge in [-0.15, -0.1) is 0 Å². The molecule has 1 heterocycles. The van der Waals surface area contributed by atoms with E-state index < -0.39 is 34.4 Å². The molecule has 1 unspecified atom stereocenters. The van der Waals surface area contributed by atoms with Crippen molar-refractivity contribution in [2.75, 3.05) is 13.1 Å². The second-order valence-electron chi connectivity index (χ2n) is 4.71. The lowest BCUT2D eigenvalue weighted by Gasteiger charge is -2.32. The van der Waals surface area contributed by atoms with E-state index in [4.69, 9.17) is 0 Å². The lowest BCUT2D eigenvalue weighted by Crippen LogP contribution is -2.44. The van der Waals surface area contributed by atoms with E-state index in [2.05, 4.69) is 0 Å². The third-order valence-corrected chi connectivity index (χ3v) is 5.24. The standard InChI is InChI=1S/C12H14F3NO3S/c13-12(14,15)9-4-3-7-16(8-9)20(18,19)11-6-2-1-5-10(11)17/h1-2,5-6,9,17H,3-4,7-8H2. The van der Waals surface area contributed by atoms with Crippen LogP contribution in [0.4, 0.5) is 13.2 Å². The number of rotatable bonds is 2. The van der Waals surface area contributed by atoms with Crippen LogP contribution >= 0.6 is 0 Å². The average molecular weight is 309 g/mol. The van der Waals surface area contributed by atoms with Crippen LogP contribution in [0, 0.1) is 5.92 Å². The van der Waals surface area contributed by atoms with Crippen molar-refractivity contribution in [3.05, 3.63) is 24.3 Å². The number of alkyl halides is 3. The number of hydrogen-bond donors (Lipinski definition) is 1. The molecule has 8 heteroatoms. The minimum Gasteiger partial charge on any atom is -0.507 e. The lowest BCUT2D eigenvalue weighted by atomic mass is 9.99. The first kappa shape index (κ1) is 15.1. The molecule has 1 aromatic carbocycles. The summed E-state index contributed by atoms with van der Waals surface area (Å²) in [4.78, 5) is -0.358. The van der Waals surface area contributed by atoms with Gasteiger partial charge in [-0.1, -0.05) is 12.1 Å². The molecule has 1 saturated heterocycles. The Bertz CT molecular complexity index is 586. The lowest BCUT2D eigenvalue weighted by molar-refractivity contribution is -0.182. The Hall–Kier alpha value is -1.28. The zero-order chi connectivity index (χ0) is 15.0. The highest BCUT2D eigenvalue weighted by Crippen LogP contribution is 2.36. The summed E-state index contributed by atoms with van der Waals surface area (Å²) in [5.41, 5.74) is 0. The zero-order valence-electron chi connectivity index (χ0n) is 10.5. The van der Waals surface area contributed by atoms with E-state index in [1.807, 2.05) is 0 Å². The second kappa shape index (κ2) is 5.25. The highest BCUT2D eigenvalue weighted by Gasteiger charge is 2.44. The van der Waals surface area contributed by atoms with Gasteiger partial charge in [0.15, 0.2) is 0 Å². The van der Waals surface area contributed by atoms with Crippen molar-refractivity contribution in [2.24, 2.45) is 5.92 Å². The minimum absolute atomic E-state index is 0.0310. The summed E-state index contributed by atoms with van der Waals surface area (Å²) in [6.07, 6.45) is -4.33. The number of aromatic hydroxyl groups is 1. The van der Waals surface area contributed by atoms with Gasteiger partial charge < -0.3 is 5.11 Å². The molecule has 1 aromatic rings. The third kappa shape index (κ3) is 2.90. The van der Waals surface area contributed by atoms with Crippen molar-refractivity contribution >= 4 is 10.0 Å². The van der Waals surface area contributed by atoms with Crippen molar-refractivity contribution in [3.63, 3.8) is 0 Å². The number of piperidine rings is 1. The van der Waals surface area contributed by atoms with Crippen LogP contribution in [-0.2, 0) is 10.0 Å². The van der Waals surface area contributed by atoms with E-state index in [0.29, 0.717) is 0 Å². The number of benzene rings is 1. The van der Waals surface area contributed by atoms with Crippen LogP contribution in [0.25, 0.3) is 0 Å². The van der Waals surface area contributed by atoms with E-state index in [1.165, 1.54) is 24.3 Å². The molecular weight excluding hydrogens is 295 g/mol. The Morgan fingerprint density at radius 2 is 1.90 bits per heavy atom. The van der Waals surface area contributed by atoms with Crippen molar-refractivity contribution < 1.29 is 26.7 Å². The molecule has 4 nitrogen and oxygen atoms in total. The van der Waals surface area contributed by atoms with Gasteiger partial charge >= 0.3 is 6.18 Å². The van der Waals surface area contributed by atoms with Crippen LogP contribution in [0.3, 0.4) is 0 Å². The van der Waals surface area contributed by atoms with Gasteiger partial charge in [0.1, 0.15) is 10.6 Å². The molecule has 1 aliphatic heterocycles. The Morgan fingerprint density at radius 1 is 1.25 bits per heavy atom. The maximum absolute atomic E-state index is 12.7. The summed E-state index contributed by atoms with van der Waals surface area (Å²) < 4.78 is 63.5. The fourth-order valence-corrected chi connectivity index (χ4v) is 3.85. The van der Waals surface area contributed by atoms with E-state index in [0.717, 1.165) is 4.31 Å². The smallest absolute Gasteiger partial charge is 0.393 e. The number of hydrogen-bond acceptors (Lipinski definition) is 3. The van der Waals surface area contributed by atoms with E-state index in [1.54, 1.807) is 0 Å². The molecular formula is C12H14F3NO3S. The molecule has 0 radical (unpaired) electrons. The molecule has 0 saturated carbocycles. The molecule has 1 aliphatic rings. The number of phenolic OH excluding ortho intramolecular Hbond substituents is 1. The van der Waals surface area contributed by atoms with Gasteiger partial charge in [-0.05, 0) is 25.0 Å². The molecule has 112 valence electrons. The first-order valence-electron chi connectivity index (χ1n) is 6.08. The van der Waals surface area contributed by atoms with Gasteiger partial charge in [0, 0.05) is 13.1 Å². The second-order valence-corrected chi connectivity index (χ2v) is 6.62. The van der Waals surface area contributed by atoms with E-state index in [-0.39, 0.29) is 24.3 Å². The summed E-state index contributed by atoms with van der Waals surface area (Å²) in [6, 6.07) is 5.24. The van der Waals surface area contributed by atoms with Crippen LogP contribution in [0.1, 0.15) is 12.8 Å². The van der Waals surface area contributed by atoms with Crippen LogP contribution in [0.15, 0.2) is 29.2 Å². The predicted molar refractivity (Wildman–Crippen MR) is 65.6 cm³/mol. The fraction of sp³-hybridized carbons (Fsp3) is 0.500. The van der Waals surface area contributed by atoms with Gasteiger partial charge in [-0.2, -0.15) is 17.5 Å². The topological polar surface area (TPSA) is 57.6 Å². The van der Waals surface area contributed by atoms with E-state index >= 15 is 0 Å².